The Labute approximate surface area is 105 Å². The van der Waals surface area contributed by atoms with Crippen molar-refractivity contribution < 1.29 is 4.79 Å². The molecule has 4 nitrogen and oxygen atoms in total. The highest BCUT2D eigenvalue weighted by Gasteiger charge is 2.15. The predicted molar refractivity (Wildman–Crippen MR) is 69.1 cm³/mol. The Morgan fingerprint density at radius 1 is 1.59 bits per heavy atom. The Kier molecular flexibility index (Phi) is 3.89. The van der Waals surface area contributed by atoms with Crippen molar-refractivity contribution in [3.05, 3.63) is 17.2 Å². The summed E-state index contributed by atoms with van der Waals surface area (Å²) < 4.78 is 0. The van der Waals surface area contributed by atoms with Crippen LogP contribution in [-0.2, 0) is 4.79 Å². The number of nitrogens with zero attached hydrogens (tertiary/aromatic N) is 2. The van der Waals surface area contributed by atoms with Crippen LogP contribution >= 0.6 is 11.3 Å². The molecule has 1 aromatic rings. The summed E-state index contributed by atoms with van der Waals surface area (Å²) in [6.45, 7) is 4.13. The van der Waals surface area contributed by atoms with Gasteiger partial charge in [-0.15, -0.1) is 10.2 Å². The maximum atomic E-state index is 11.7. The van der Waals surface area contributed by atoms with E-state index in [4.69, 9.17) is 0 Å². The largest absolute Gasteiger partial charge is 0.301 e. The molecule has 1 atom stereocenters. The van der Waals surface area contributed by atoms with Crippen molar-refractivity contribution in [2.45, 2.75) is 39.0 Å². The summed E-state index contributed by atoms with van der Waals surface area (Å²) in [5.74, 6) is 0.788. The molecular formula is C12H17N3OS. The molecule has 0 radical (unpaired) electrons. The lowest BCUT2D eigenvalue weighted by molar-refractivity contribution is -0.116. The first-order valence-corrected chi connectivity index (χ1v) is 6.76. The molecule has 92 valence electrons. The van der Waals surface area contributed by atoms with Crippen molar-refractivity contribution in [2.75, 3.05) is 5.32 Å². The van der Waals surface area contributed by atoms with Gasteiger partial charge in [-0.2, -0.15) is 0 Å². The lowest BCUT2D eigenvalue weighted by atomic mass is 10.1. The third-order valence-corrected chi connectivity index (χ3v) is 3.88. The van der Waals surface area contributed by atoms with Gasteiger partial charge in [0.15, 0.2) is 0 Å². The molecule has 0 aromatic carbocycles. The smallest absolute Gasteiger partial charge is 0.226 e. The molecule has 1 amide bonds. The molecule has 0 bridgehead atoms. The van der Waals surface area contributed by atoms with Gasteiger partial charge in [-0.25, -0.2) is 0 Å². The fraction of sp³-hybridized carbons (Fsp3) is 0.583. The highest BCUT2D eigenvalue weighted by molar-refractivity contribution is 7.15. The Morgan fingerprint density at radius 2 is 2.41 bits per heavy atom. The van der Waals surface area contributed by atoms with Crippen molar-refractivity contribution in [1.29, 1.82) is 0 Å². The number of amides is 1. The SMILES string of the molecule is CC(C)c1nnc(NC(=O)CC2C=CCC2)s1. The van der Waals surface area contributed by atoms with Crippen LogP contribution in [0.5, 0.6) is 0 Å². The number of carbonyl (C=O) groups is 1. The van der Waals surface area contributed by atoms with E-state index in [2.05, 4.69) is 41.5 Å². The summed E-state index contributed by atoms with van der Waals surface area (Å²) in [6.07, 6.45) is 6.99. The number of nitrogens with one attached hydrogen (secondary N) is 1. The lowest BCUT2D eigenvalue weighted by Gasteiger charge is -2.05. The molecule has 0 fully saturated rings. The maximum Gasteiger partial charge on any atom is 0.226 e. The van der Waals surface area contributed by atoms with Gasteiger partial charge in [0.1, 0.15) is 5.01 Å². The Balaban J connectivity index is 1.86. The van der Waals surface area contributed by atoms with Gasteiger partial charge in [-0.1, -0.05) is 37.3 Å². The van der Waals surface area contributed by atoms with Gasteiger partial charge in [0.05, 0.1) is 0 Å². The minimum absolute atomic E-state index is 0.0352. The quantitative estimate of drug-likeness (QED) is 0.837. The first-order chi connectivity index (χ1) is 8.15. The van der Waals surface area contributed by atoms with Crippen LogP contribution in [0.15, 0.2) is 12.2 Å². The molecule has 17 heavy (non-hydrogen) atoms. The Hall–Kier alpha value is -1.23. The van der Waals surface area contributed by atoms with Gasteiger partial charge >= 0.3 is 0 Å². The van der Waals surface area contributed by atoms with Crippen LogP contribution in [0.3, 0.4) is 0 Å². The summed E-state index contributed by atoms with van der Waals surface area (Å²) in [7, 11) is 0. The van der Waals surface area contributed by atoms with Gasteiger partial charge in [0, 0.05) is 12.3 Å². The molecular weight excluding hydrogens is 234 g/mol. The van der Waals surface area contributed by atoms with E-state index >= 15 is 0 Å². The van der Waals surface area contributed by atoms with Crippen molar-refractivity contribution in [1.82, 2.24) is 10.2 Å². The lowest BCUT2D eigenvalue weighted by Crippen LogP contribution is -2.14. The first kappa shape index (κ1) is 12.2. The number of aromatic nitrogens is 2. The average molecular weight is 251 g/mol. The van der Waals surface area contributed by atoms with Gasteiger partial charge in [-0.3, -0.25) is 4.79 Å². The normalized spacial score (nSPS) is 18.9. The molecule has 0 saturated heterocycles. The highest BCUT2D eigenvalue weighted by Crippen LogP contribution is 2.24. The molecule has 0 aliphatic heterocycles. The third kappa shape index (κ3) is 3.36. The number of anilines is 1. The number of rotatable bonds is 4. The molecule has 0 spiro atoms. The second-order valence-electron chi connectivity index (χ2n) is 4.62. The fourth-order valence-electron chi connectivity index (χ4n) is 1.79. The number of hydrogen-bond donors (Lipinski definition) is 1. The van der Waals surface area contributed by atoms with Crippen LogP contribution in [0.1, 0.15) is 44.0 Å². The zero-order valence-corrected chi connectivity index (χ0v) is 11.0. The summed E-state index contributed by atoms with van der Waals surface area (Å²) in [6, 6.07) is 0. The third-order valence-electron chi connectivity index (χ3n) is 2.74. The van der Waals surface area contributed by atoms with Crippen LogP contribution < -0.4 is 5.32 Å². The summed E-state index contributed by atoms with van der Waals surface area (Å²) in [4.78, 5) is 11.7. The van der Waals surface area contributed by atoms with Crippen LogP contribution in [0.25, 0.3) is 0 Å². The van der Waals surface area contributed by atoms with Crippen LogP contribution in [0.2, 0.25) is 0 Å². The van der Waals surface area contributed by atoms with Crippen molar-refractivity contribution in [3.8, 4) is 0 Å². The van der Waals surface area contributed by atoms with Gasteiger partial charge in [0.2, 0.25) is 11.0 Å². The van der Waals surface area contributed by atoms with E-state index < -0.39 is 0 Å². The van der Waals surface area contributed by atoms with Gasteiger partial charge < -0.3 is 5.32 Å². The molecule has 0 saturated carbocycles. The molecule has 1 aliphatic carbocycles. The van der Waals surface area contributed by atoms with E-state index in [-0.39, 0.29) is 5.91 Å². The van der Waals surface area contributed by atoms with Gasteiger partial charge in [-0.05, 0) is 18.8 Å². The monoisotopic (exact) mass is 251 g/mol. The zero-order chi connectivity index (χ0) is 12.3. The fourth-order valence-corrected chi connectivity index (χ4v) is 2.55. The molecule has 5 heteroatoms. The summed E-state index contributed by atoms with van der Waals surface area (Å²) in [5, 5.41) is 12.4. The summed E-state index contributed by atoms with van der Waals surface area (Å²) in [5.41, 5.74) is 0. The Morgan fingerprint density at radius 3 is 3.00 bits per heavy atom. The number of carbonyl (C=O) groups excluding carboxylic acids is 1. The molecule has 1 unspecified atom stereocenters. The standard InChI is InChI=1S/C12H17N3OS/c1-8(2)11-14-15-12(17-11)13-10(16)7-9-5-3-4-6-9/h3,5,8-9H,4,6-7H2,1-2H3,(H,13,15,16). The minimum atomic E-state index is 0.0352. The van der Waals surface area contributed by atoms with E-state index in [1.807, 2.05) is 0 Å². The van der Waals surface area contributed by atoms with E-state index in [0.717, 1.165) is 17.8 Å². The molecule has 1 aromatic heterocycles. The van der Waals surface area contributed by atoms with Gasteiger partial charge in [0.25, 0.3) is 0 Å². The molecule has 1 aliphatic rings. The Bertz CT molecular complexity index is 425. The van der Waals surface area contributed by atoms with Crippen LogP contribution in [0, 0.1) is 5.92 Å². The van der Waals surface area contributed by atoms with Crippen molar-refractivity contribution in [2.24, 2.45) is 5.92 Å². The van der Waals surface area contributed by atoms with E-state index in [1.54, 1.807) is 0 Å². The number of allylic oxidation sites excluding steroid dienone is 2. The average Bonchev–Trinajstić information content (AvgIpc) is 2.88. The highest BCUT2D eigenvalue weighted by atomic mass is 32.1. The molecule has 2 rings (SSSR count). The second kappa shape index (κ2) is 5.40. The van der Waals surface area contributed by atoms with E-state index in [0.29, 0.717) is 23.4 Å². The minimum Gasteiger partial charge on any atom is -0.301 e. The van der Waals surface area contributed by atoms with E-state index in [1.165, 1.54) is 11.3 Å². The van der Waals surface area contributed by atoms with E-state index in [9.17, 15) is 4.79 Å². The van der Waals surface area contributed by atoms with Crippen LogP contribution in [0.4, 0.5) is 5.13 Å². The maximum absolute atomic E-state index is 11.7. The number of hydrogen-bond acceptors (Lipinski definition) is 4. The van der Waals surface area contributed by atoms with Crippen molar-refractivity contribution >= 4 is 22.4 Å². The molecule has 1 N–H and O–H groups in total. The topological polar surface area (TPSA) is 54.9 Å². The summed E-state index contributed by atoms with van der Waals surface area (Å²) >= 11 is 1.46. The van der Waals surface area contributed by atoms with Crippen LogP contribution in [-0.4, -0.2) is 16.1 Å². The first-order valence-electron chi connectivity index (χ1n) is 5.95. The zero-order valence-electron chi connectivity index (χ0n) is 10.1. The second-order valence-corrected chi connectivity index (χ2v) is 5.63. The molecule has 1 heterocycles. The van der Waals surface area contributed by atoms with Crippen molar-refractivity contribution in [3.63, 3.8) is 0 Å². The predicted octanol–water partition coefficient (Wildman–Crippen LogP) is 2.96.